The lowest BCUT2D eigenvalue weighted by Gasteiger charge is -2.63. The van der Waals surface area contributed by atoms with E-state index in [-0.39, 0.29) is 22.9 Å². The van der Waals surface area contributed by atoms with Crippen LogP contribution in [0.25, 0.3) is 0 Å². The van der Waals surface area contributed by atoms with Gasteiger partial charge in [0.05, 0.1) is 11.7 Å². The van der Waals surface area contributed by atoms with Gasteiger partial charge in [-0.15, -0.1) is 0 Å². The highest BCUT2D eigenvalue weighted by atomic mass is 16.3. The summed E-state index contributed by atoms with van der Waals surface area (Å²) >= 11 is 0. The Labute approximate surface area is 175 Å². The summed E-state index contributed by atoms with van der Waals surface area (Å²) in [6.45, 7) is 4.78. The monoisotopic (exact) mass is 404 g/mol. The predicted octanol–water partition coefficient (Wildman–Crippen LogP) is 3.32. The molecule has 4 aliphatic rings. The predicted molar refractivity (Wildman–Crippen MR) is 115 cm³/mol. The molecular weight excluding hydrogens is 364 g/mol. The van der Waals surface area contributed by atoms with Gasteiger partial charge in [-0.05, 0) is 98.7 Å². The third kappa shape index (κ3) is 3.13. The van der Waals surface area contributed by atoms with Crippen LogP contribution in [0.4, 0.5) is 0 Å². The summed E-state index contributed by atoms with van der Waals surface area (Å²) in [5, 5.41) is 35.5. The largest absolute Gasteiger partial charge is 0.393 e. The van der Waals surface area contributed by atoms with E-state index >= 15 is 0 Å². The second kappa shape index (κ2) is 7.23. The second-order valence-corrected chi connectivity index (χ2v) is 11.0. The van der Waals surface area contributed by atoms with Crippen molar-refractivity contribution in [3.63, 3.8) is 0 Å². The van der Waals surface area contributed by atoms with Gasteiger partial charge in [0.1, 0.15) is 0 Å². The van der Waals surface area contributed by atoms with Crippen LogP contribution < -0.4 is 5.73 Å². The molecule has 3 unspecified atom stereocenters. The normalized spacial score (nSPS) is 49.3. The molecule has 29 heavy (non-hydrogen) atoms. The van der Waals surface area contributed by atoms with Crippen LogP contribution in [0.5, 0.6) is 0 Å². The minimum atomic E-state index is -0.578. The van der Waals surface area contributed by atoms with Gasteiger partial charge in [-0.1, -0.05) is 13.8 Å². The van der Waals surface area contributed by atoms with Gasteiger partial charge in [0, 0.05) is 13.3 Å². The minimum Gasteiger partial charge on any atom is -0.393 e. The first-order valence-electron chi connectivity index (χ1n) is 11.6. The molecule has 0 aliphatic heterocycles. The maximum atomic E-state index is 12.1. The van der Waals surface area contributed by atoms with Crippen LogP contribution >= 0.6 is 0 Å². The van der Waals surface area contributed by atoms with Crippen LogP contribution in [-0.2, 0) is 0 Å². The summed E-state index contributed by atoms with van der Waals surface area (Å²) in [4.78, 5) is 0. The van der Waals surface area contributed by atoms with Crippen molar-refractivity contribution >= 4 is 12.2 Å². The SMILES string of the molecule is CN(/N=C/CC1CC[C@@]2(O)[C@@H]3CCC4CC(O)CC[C@]4(C)[C@@H]3CC[C@]12C)C(=N)N. The molecule has 6 nitrogen and oxygen atoms in total. The Kier molecular flexibility index (Phi) is 5.26. The summed E-state index contributed by atoms with van der Waals surface area (Å²) in [6.07, 6.45) is 12.1. The quantitative estimate of drug-likeness (QED) is 0.329. The molecule has 8 atom stereocenters. The van der Waals surface area contributed by atoms with Gasteiger partial charge in [-0.2, -0.15) is 5.10 Å². The van der Waals surface area contributed by atoms with Crippen molar-refractivity contribution in [2.45, 2.75) is 89.8 Å². The summed E-state index contributed by atoms with van der Waals surface area (Å²) in [5.41, 5.74) is 5.11. The number of guanidine groups is 1. The van der Waals surface area contributed by atoms with Crippen LogP contribution in [0.1, 0.15) is 78.1 Å². The maximum Gasteiger partial charge on any atom is 0.208 e. The van der Waals surface area contributed by atoms with E-state index in [9.17, 15) is 10.2 Å². The number of nitrogens with zero attached hydrogens (tertiary/aromatic N) is 2. The molecule has 0 aromatic heterocycles. The third-order valence-electron chi connectivity index (χ3n) is 10.0. The van der Waals surface area contributed by atoms with E-state index in [2.05, 4.69) is 18.9 Å². The Morgan fingerprint density at radius 3 is 2.62 bits per heavy atom. The lowest BCUT2D eigenvalue weighted by molar-refractivity contribution is -0.209. The summed E-state index contributed by atoms with van der Waals surface area (Å²) < 4.78 is 0. The number of hydrogen-bond donors (Lipinski definition) is 4. The first kappa shape index (κ1) is 21.1. The van der Waals surface area contributed by atoms with E-state index in [0.717, 1.165) is 57.8 Å². The Balaban J connectivity index is 1.53. The van der Waals surface area contributed by atoms with E-state index in [4.69, 9.17) is 11.1 Å². The molecule has 0 spiro atoms. The van der Waals surface area contributed by atoms with E-state index in [1.54, 1.807) is 7.05 Å². The smallest absolute Gasteiger partial charge is 0.208 e. The fourth-order valence-corrected chi connectivity index (χ4v) is 8.05. The Morgan fingerprint density at radius 1 is 1.14 bits per heavy atom. The van der Waals surface area contributed by atoms with E-state index in [0.29, 0.717) is 23.7 Å². The van der Waals surface area contributed by atoms with Gasteiger partial charge < -0.3 is 15.9 Å². The van der Waals surface area contributed by atoms with Gasteiger partial charge in [0.2, 0.25) is 5.96 Å². The van der Waals surface area contributed by atoms with Gasteiger partial charge in [0.15, 0.2) is 0 Å². The van der Waals surface area contributed by atoms with Crippen molar-refractivity contribution in [2.24, 2.45) is 45.3 Å². The molecule has 0 aromatic rings. The van der Waals surface area contributed by atoms with Gasteiger partial charge in [-0.3, -0.25) is 5.41 Å². The molecule has 164 valence electrons. The third-order valence-corrected chi connectivity index (χ3v) is 10.0. The highest BCUT2D eigenvalue weighted by molar-refractivity contribution is 5.75. The number of aliphatic hydroxyl groups excluding tert-OH is 1. The fourth-order valence-electron chi connectivity index (χ4n) is 8.05. The maximum absolute atomic E-state index is 12.1. The molecule has 0 radical (unpaired) electrons. The molecule has 0 bridgehead atoms. The van der Waals surface area contributed by atoms with Crippen LogP contribution in [0.15, 0.2) is 5.10 Å². The number of aliphatic hydroxyl groups is 2. The Hall–Kier alpha value is -1.14. The standard InChI is InChI=1S/C23H40N4O2/c1-21-10-7-17(28)14-16(21)4-5-19-18(21)8-11-22(2)15(6-12-23(19,22)29)9-13-26-27(3)20(24)25/h13,15-19,28-29H,4-12,14H2,1-3H3,(H3,24,25)/b26-13+/t15?,16?,17?,18-,19-,21+,22-,23-/m1/s1. The first-order chi connectivity index (χ1) is 13.6. The average Bonchev–Trinajstić information content (AvgIpc) is 2.93. The number of hydrogen-bond acceptors (Lipinski definition) is 4. The molecular formula is C23H40N4O2. The van der Waals surface area contributed by atoms with E-state index < -0.39 is 5.60 Å². The number of nitrogens with two attached hydrogens (primary N) is 1. The van der Waals surface area contributed by atoms with Crippen LogP contribution in [0.3, 0.4) is 0 Å². The van der Waals surface area contributed by atoms with Gasteiger partial charge in [-0.25, -0.2) is 5.01 Å². The molecule has 4 saturated carbocycles. The van der Waals surface area contributed by atoms with Gasteiger partial charge in [0.25, 0.3) is 0 Å². The molecule has 0 heterocycles. The van der Waals surface area contributed by atoms with Crippen molar-refractivity contribution in [1.82, 2.24) is 5.01 Å². The molecule has 0 aromatic carbocycles. The van der Waals surface area contributed by atoms with Crippen molar-refractivity contribution in [3.8, 4) is 0 Å². The lowest BCUT2D eigenvalue weighted by Crippen LogP contribution is -2.62. The van der Waals surface area contributed by atoms with Crippen LogP contribution in [0.2, 0.25) is 0 Å². The Bertz CT molecular complexity index is 684. The van der Waals surface area contributed by atoms with E-state index in [1.807, 2.05) is 6.21 Å². The molecule has 5 N–H and O–H groups in total. The van der Waals surface area contributed by atoms with Crippen molar-refractivity contribution < 1.29 is 10.2 Å². The van der Waals surface area contributed by atoms with Crippen LogP contribution in [-0.4, -0.2) is 46.1 Å². The van der Waals surface area contributed by atoms with Crippen molar-refractivity contribution in [2.75, 3.05) is 7.05 Å². The number of fused-ring (bicyclic) bond motifs is 5. The molecule has 4 aliphatic carbocycles. The molecule has 0 amide bonds. The van der Waals surface area contributed by atoms with Crippen molar-refractivity contribution in [3.05, 3.63) is 0 Å². The highest BCUT2D eigenvalue weighted by Crippen LogP contribution is 2.69. The average molecular weight is 405 g/mol. The zero-order valence-electron chi connectivity index (χ0n) is 18.4. The number of rotatable bonds is 3. The molecule has 4 fully saturated rings. The number of hydrazone groups is 1. The summed E-state index contributed by atoms with van der Waals surface area (Å²) in [5.74, 6) is 1.96. The summed E-state index contributed by atoms with van der Waals surface area (Å²) in [6, 6.07) is 0. The van der Waals surface area contributed by atoms with Crippen molar-refractivity contribution in [1.29, 1.82) is 5.41 Å². The van der Waals surface area contributed by atoms with E-state index in [1.165, 1.54) is 11.4 Å². The zero-order valence-corrected chi connectivity index (χ0v) is 18.4. The zero-order chi connectivity index (χ0) is 21.0. The summed E-state index contributed by atoms with van der Waals surface area (Å²) in [7, 11) is 1.69. The van der Waals surface area contributed by atoms with Crippen LogP contribution in [0, 0.1) is 39.9 Å². The molecule has 0 saturated heterocycles. The van der Waals surface area contributed by atoms with Gasteiger partial charge >= 0.3 is 0 Å². The molecule has 4 rings (SSSR count). The lowest BCUT2D eigenvalue weighted by atomic mass is 9.43. The second-order valence-electron chi connectivity index (χ2n) is 11.0. The highest BCUT2D eigenvalue weighted by Gasteiger charge is 2.66. The first-order valence-corrected chi connectivity index (χ1v) is 11.6. The number of nitrogens with one attached hydrogen (secondary N) is 1. The topological polar surface area (TPSA) is 106 Å². The Morgan fingerprint density at radius 2 is 1.90 bits per heavy atom. The minimum absolute atomic E-state index is 0.0569. The molecule has 6 heteroatoms. The fraction of sp³-hybridized carbons (Fsp3) is 0.913.